The molecule has 20 heavy (non-hydrogen) atoms. The Morgan fingerprint density at radius 3 is 2.20 bits per heavy atom. The van der Waals surface area contributed by atoms with Gasteiger partial charge in [0.25, 0.3) is 5.92 Å². The van der Waals surface area contributed by atoms with Gasteiger partial charge in [-0.2, -0.15) is 0 Å². The number of carbonyl (C=O) groups is 1. The first-order chi connectivity index (χ1) is 9.10. The van der Waals surface area contributed by atoms with E-state index < -0.39 is 16.8 Å². The maximum Gasteiger partial charge on any atom is 0.251 e. The number of halogens is 3. The molecule has 0 N–H and O–H groups in total. The molecule has 6 heteroatoms. The largest absolute Gasteiger partial charge is 0.292 e. The summed E-state index contributed by atoms with van der Waals surface area (Å²) in [6.07, 6.45) is 0.688. The van der Waals surface area contributed by atoms with E-state index in [4.69, 9.17) is 11.6 Å². The van der Waals surface area contributed by atoms with Gasteiger partial charge in [0.05, 0.1) is 11.4 Å². The van der Waals surface area contributed by atoms with Gasteiger partial charge in [-0.1, -0.05) is 11.6 Å². The van der Waals surface area contributed by atoms with Gasteiger partial charge in [0.1, 0.15) is 5.69 Å². The first kappa shape index (κ1) is 13.9. The van der Waals surface area contributed by atoms with Crippen LogP contribution in [0.25, 0.3) is 0 Å². The predicted molar refractivity (Wildman–Crippen MR) is 70.2 cm³/mol. The van der Waals surface area contributed by atoms with Crippen LogP contribution in [0.1, 0.15) is 48.1 Å². The molecule has 3 saturated carbocycles. The number of hydrogen-bond donors (Lipinski definition) is 0. The van der Waals surface area contributed by atoms with Crippen molar-refractivity contribution in [3.05, 3.63) is 22.2 Å². The van der Waals surface area contributed by atoms with Crippen molar-refractivity contribution >= 4 is 17.4 Å². The van der Waals surface area contributed by atoms with Crippen molar-refractivity contribution in [2.24, 2.45) is 10.8 Å². The molecule has 3 fully saturated rings. The van der Waals surface area contributed by atoms with Gasteiger partial charge in [-0.25, -0.2) is 18.7 Å². The van der Waals surface area contributed by atoms with E-state index in [1.54, 1.807) is 13.8 Å². The molecule has 3 aliphatic carbocycles. The molecule has 0 spiro atoms. The van der Waals surface area contributed by atoms with Gasteiger partial charge in [0.2, 0.25) is 0 Å². The van der Waals surface area contributed by atoms with Crippen LogP contribution in [0.2, 0.25) is 5.15 Å². The van der Waals surface area contributed by atoms with Crippen LogP contribution in [-0.4, -0.2) is 21.7 Å². The minimum atomic E-state index is -2.73. The highest BCUT2D eigenvalue weighted by molar-refractivity contribution is 6.32. The zero-order chi connectivity index (χ0) is 14.9. The van der Waals surface area contributed by atoms with Crippen LogP contribution in [0.4, 0.5) is 8.78 Å². The second-order valence-electron chi connectivity index (χ2n) is 6.34. The summed E-state index contributed by atoms with van der Waals surface area (Å²) in [5.74, 6) is -2.96. The van der Waals surface area contributed by atoms with Crippen LogP contribution in [-0.2, 0) is 0 Å². The van der Waals surface area contributed by atoms with Crippen molar-refractivity contribution in [1.29, 1.82) is 0 Å². The Labute approximate surface area is 120 Å². The molecule has 0 amide bonds. The highest BCUT2D eigenvalue weighted by Crippen LogP contribution is 2.78. The van der Waals surface area contributed by atoms with Crippen molar-refractivity contribution in [1.82, 2.24) is 9.97 Å². The lowest BCUT2D eigenvalue weighted by Crippen LogP contribution is -2.71. The molecule has 0 radical (unpaired) electrons. The molecule has 2 bridgehead atoms. The Balaban J connectivity index is 1.86. The SMILES string of the molecule is Cc1nc(Cl)c(C(=O)C23CC(C(C)(F)F)(C2)C3)nc1C. The fourth-order valence-corrected chi connectivity index (χ4v) is 3.72. The average molecular weight is 301 g/mol. The van der Waals surface area contributed by atoms with Crippen molar-refractivity contribution in [2.45, 2.75) is 46.0 Å². The maximum absolute atomic E-state index is 13.5. The summed E-state index contributed by atoms with van der Waals surface area (Å²) in [6, 6.07) is 0. The Kier molecular flexibility index (Phi) is 2.60. The topological polar surface area (TPSA) is 42.9 Å². The zero-order valence-electron chi connectivity index (χ0n) is 11.6. The van der Waals surface area contributed by atoms with Gasteiger partial charge < -0.3 is 0 Å². The minimum Gasteiger partial charge on any atom is -0.292 e. The van der Waals surface area contributed by atoms with E-state index in [2.05, 4.69) is 9.97 Å². The minimum absolute atomic E-state index is 0.0696. The van der Waals surface area contributed by atoms with Gasteiger partial charge in [-0.15, -0.1) is 0 Å². The normalized spacial score (nSPS) is 31.5. The quantitative estimate of drug-likeness (QED) is 0.798. The molecule has 4 rings (SSSR count). The number of alkyl halides is 2. The Morgan fingerprint density at radius 2 is 1.70 bits per heavy atom. The van der Waals surface area contributed by atoms with Gasteiger partial charge in [0.15, 0.2) is 10.9 Å². The Hall–Kier alpha value is -1.10. The average Bonchev–Trinajstić information content (AvgIpc) is 2.16. The van der Waals surface area contributed by atoms with E-state index in [-0.39, 0.29) is 35.9 Å². The van der Waals surface area contributed by atoms with E-state index in [0.717, 1.165) is 6.92 Å². The first-order valence-corrected chi connectivity index (χ1v) is 6.91. The number of ketones is 1. The maximum atomic E-state index is 13.5. The lowest BCUT2D eigenvalue weighted by Gasteiger charge is -2.71. The highest BCUT2D eigenvalue weighted by Gasteiger charge is 2.78. The van der Waals surface area contributed by atoms with Crippen LogP contribution >= 0.6 is 11.6 Å². The summed E-state index contributed by atoms with van der Waals surface area (Å²) < 4.78 is 26.9. The number of aromatic nitrogens is 2. The molecule has 1 aromatic rings. The summed E-state index contributed by atoms with van der Waals surface area (Å²) in [7, 11) is 0. The molecule has 0 saturated heterocycles. The molecule has 1 heterocycles. The fraction of sp³-hybridized carbons (Fsp3) is 0.643. The van der Waals surface area contributed by atoms with Crippen molar-refractivity contribution < 1.29 is 13.6 Å². The monoisotopic (exact) mass is 300 g/mol. The molecule has 1 aromatic heterocycles. The Morgan fingerprint density at radius 1 is 1.20 bits per heavy atom. The number of carbonyl (C=O) groups excluding carboxylic acids is 1. The summed E-state index contributed by atoms with van der Waals surface area (Å²) in [5, 5.41) is 0.0696. The predicted octanol–water partition coefficient (Wildman–Crippen LogP) is 3.76. The van der Waals surface area contributed by atoms with E-state index >= 15 is 0 Å². The third kappa shape index (κ3) is 1.59. The molecule has 0 aromatic carbocycles. The molecule has 3 aliphatic rings. The van der Waals surface area contributed by atoms with Crippen LogP contribution in [0, 0.1) is 24.7 Å². The van der Waals surface area contributed by atoms with Gasteiger partial charge in [-0.05, 0) is 40.0 Å². The number of rotatable bonds is 3. The number of Topliss-reactive ketones (excluding diaryl/α,β-unsaturated/α-hetero) is 1. The molecule has 0 aliphatic heterocycles. The van der Waals surface area contributed by atoms with Crippen molar-refractivity contribution in [3.63, 3.8) is 0 Å². The van der Waals surface area contributed by atoms with Crippen LogP contribution in [0.5, 0.6) is 0 Å². The highest BCUT2D eigenvalue weighted by atomic mass is 35.5. The second kappa shape index (κ2) is 3.75. The second-order valence-corrected chi connectivity index (χ2v) is 6.70. The summed E-state index contributed by atoms with van der Waals surface area (Å²) in [4.78, 5) is 20.8. The third-order valence-electron chi connectivity index (χ3n) is 4.92. The zero-order valence-corrected chi connectivity index (χ0v) is 12.3. The molecule has 0 atom stereocenters. The van der Waals surface area contributed by atoms with Gasteiger partial charge >= 0.3 is 0 Å². The standard InChI is InChI=1S/C14H15ClF2N2O/c1-7-8(2)19-11(15)9(18-7)10(20)13-4-14(5-13,6-13)12(3,16)17/h4-6H2,1-3H3. The van der Waals surface area contributed by atoms with E-state index in [9.17, 15) is 13.6 Å². The molecule has 0 unspecified atom stereocenters. The van der Waals surface area contributed by atoms with Crippen LogP contribution in [0.3, 0.4) is 0 Å². The van der Waals surface area contributed by atoms with Crippen LogP contribution in [0.15, 0.2) is 0 Å². The summed E-state index contributed by atoms with van der Waals surface area (Å²) in [6.45, 7) is 4.44. The molecular formula is C14H15ClF2N2O. The molecular weight excluding hydrogens is 286 g/mol. The van der Waals surface area contributed by atoms with E-state index in [1.165, 1.54) is 0 Å². The van der Waals surface area contributed by atoms with Crippen LogP contribution < -0.4 is 0 Å². The Bertz CT molecular complexity index is 605. The lowest BCUT2D eigenvalue weighted by atomic mass is 9.32. The van der Waals surface area contributed by atoms with E-state index in [0.29, 0.717) is 11.4 Å². The smallest absolute Gasteiger partial charge is 0.251 e. The van der Waals surface area contributed by atoms with E-state index in [1.807, 2.05) is 0 Å². The number of nitrogens with zero attached hydrogens (tertiary/aromatic N) is 2. The van der Waals surface area contributed by atoms with Gasteiger partial charge in [-0.3, -0.25) is 4.79 Å². The lowest BCUT2D eigenvalue weighted by molar-refractivity contribution is -0.285. The third-order valence-corrected chi connectivity index (χ3v) is 5.19. The molecule has 3 nitrogen and oxygen atoms in total. The fourth-order valence-electron chi connectivity index (χ4n) is 3.47. The van der Waals surface area contributed by atoms with Crippen molar-refractivity contribution in [2.75, 3.05) is 0 Å². The number of hydrogen-bond acceptors (Lipinski definition) is 3. The number of aryl methyl sites for hydroxylation is 2. The summed E-state index contributed by atoms with van der Waals surface area (Å²) >= 11 is 5.98. The van der Waals surface area contributed by atoms with Gasteiger partial charge in [0, 0.05) is 10.8 Å². The first-order valence-electron chi connectivity index (χ1n) is 6.54. The summed E-state index contributed by atoms with van der Waals surface area (Å²) in [5.41, 5.74) is -0.232. The molecule has 108 valence electrons. The van der Waals surface area contributed by atoms with Crippen molar-refractivity contribution in [3.8, 4) is 0 Å².